The number of benzene rings is 1. The molecule has 2 N–H and O–H groups in total. The molecule has 0 unspecified atom stereocenters. The number of ether oxygens (including phenoxy) is 1. The summed E-state index contributed by atoms with van der Waals surface area (Å²) in [5.41, 5.74) is -0.699. The highest BCUT2D eigenvalue weighted by Crippen LogP contribution is 2.20. The Morgan fingerprint density at radius 1 is 1.11 bits per heavy atom. The summed E-state index contributed by atoms with van der Waals surface area (Å²) in [6, 6.07) is 1.99. The van der Waals surface area contributed by atoms with Gasteiger partial charge < -0.3 is 4.74 Å². The summed E-state index contributed by atoms with van der Waals surface area (Å²) in [4.78, 5) is 9.77. The topological polar surface area (TPSA) is 135 Å². The molecule has 1 rings (SSSR count). The second-order valence-electron chi connectivity index (χ2n) is 3.10. The average Bonchev–Trinajstić information content (AvgIpc) is 2.24. The minimum absolute atomic E-state index is 0.588. The van der Waals surface area contributed by atoms with Crippen molar-refractivity contribution in [3.63, 3.8) is 0 Å². The van der Waals surface area contributed by atoms with Gasteiger partial charge in [-0.05, 0) is 18.2 Å². The van der Waals surface area contributed by atoms with Gasteiger partial charge in [0.1, 0.15) is 4.90 Å². The van der Waals surface area contributed by atoms with E-state index in [1.54, 1.807) is 0 Å². The third-order valence-electron chi connectivity index (χ3n) is 1.93. The van der Waals surface area contributed by atoms with Gasteiger partial charge in [-0.15, -0.1) is 0 Å². The SMILES string of the molecule is COC(=O)c1cc(S(=O)(=O)O)ccc1S(=O)(=O)O. The van der Waals surface area contributed by atoms with Gasteiger partial charge in [0.25, 0.3) is 20.2 Å². The fraction of sp³-hybridized carbons (Fsp3) is 0.125. The highest BCUT2D eigenvalue weighted by atomic mass is 32.2. The Kier molecular flexibility index (Phi) is 3.76. The molecule has 0 aliphatic rings. The Morgan fingerprint density at radius 2 is 1.67 bits per heavy atom. The molecule has 0 amide bonds. The summed E-state index contributed by atoms with van der Waals surface area (Å²) in [6.07, 6.45) is 0. The molecule has 0 spiro atoms. The van der Waals surface area contributed by atoms with Gasteiger partial charge >= 0.3 is 5.97 Å². The van der Waals surface area contributed by atoms with Crippen molar-refractivity contribution in [2.45, 2.75) is 9.79 Å². The zero-order valence-electron chi connectivity index (χ0n) is 8.89. The summed E-state index contributed by atoms with van der Waals surface area (Å²) < 4.78 is 65.5. The molecule has 0 atom stereocenters. The van der Waals surface area contributed by atoms with Crippen LogP contribution < -0.4 is 0 Å². The van der Waals surface area contributed by atoms with Gasteiger partial charge in [0.05, 0.1) is 17.6 Å². The maximum Gasteiger partial charge on any atom is 0.339 e. The van der Waals surface area contributed by atoms with Crippen LogP contribution in [0.3, 0.4) is 0 Å². The van der Waals surface area contributed by atoms with Gasteiger partial charge in [-0.3, -0.25) is 9.11 Å². The van der Waals surface area contributed by atoms with Crippen molar-refractivity contribution in [2.24, 2.45) is 0 Å². The zero-order valence-corrected chi connectivity index (χ0v) is 10.5. The van der Waals surface area contributed by atoms with Gasteiger partial charge in [-0.25, -0.2) is 4.79 Å². The van der Waals surface area contributed by atoms with E-state index in [1.807, 2.05) is 0 Å². The molecule has 1 aromatic rings. The molecule has 0 radical (unpaired) electrons. The Labute approximate surface area is 103 Å². The molecule has 0 heterocycles. The van der Waals surface area contributed by atoms with Crippen molar-refractivity contribution in [3.8, 4) is 0 Å². The monoisotopic (exact) mass is 296 g/mol. The van der Waals surface area contributed by atoms with Crippen LogP contribution in [0, 0.1) is 0 Å². The molecule has 0 aromatic heterocycles. The van der Waals surface area contributed by atoms with Crippen LogP contribution in [0.4, 0.5) is 0 Å². The average molecular weight is 296 g/mol. The van der Waals surface area contributed by atoms with Crippen LogP contribution >= 0.6 is 0 Å². The van der Waals surface area contributed by atoms with Gasteiger partial charge in [0.15, 0.2) is 0 Å². The molecule has 0 bridgehead atoms. The van der Waals surface area contributed by atoms with Gasteiger partial charge in [-0.1, -0.05) is 0 Å². The van der Waals surface area contributed by atoms with Crippen LogP contribution in [0.15, 0.2) is 28.0 Å². The van der Waals surface area contributed by atoms with Crippen molar-refractivity contribution in [1.29, 1.82) is 0 Å². The van der Waals surface area contributed by atoms with Crippen LogP contribution in [0.2, 0.25) is 0 Å². The van der Waals surface area contributed by atoms with Gasteiger partial charge in [-0.2, -0.15) is 16.8 Å². The standard InChI is InChI=1S/C8H8O8S2/c1-16-8(9)6-4-5(17(10,11)12)2-3-7(6)18(13,14)15/h2-4H,1H3,(H,10,11,12)(H,13,14,15). The van der Waals surface area contributed by atoms with Crippen molar-refractivity contribution in [2.75, 3.05) is 7.11 Å². The first kappa shape index (κ1) is 14.6. The third kappa shape index (κ3) is 3.04. The van der Waals surface area contributed by atoms with Crippen LogP contribution in [-0.4, -0.2) is 39.0 Å². The lowest BCUT2D eigenvalue weighted by Gasteiger charge is -2.06. The minimum atomic E-state index is -4.73. The predicted octanol–water partition coefficient (Wildman–Crippen LogP) is -0.0334. The van der Waals surface area contributed by atoms with E-state index < -0.39 is 41.6 Å². The number of rotatable bonds is 3. The van der Waals surface area contributed by atoms with Gasteiger partial charge in [0, 0.05) is 0 Å². The first-order valence-corrected chi connectivity index (χ1v) is 7.12. The van der Waals surface area contributed by atoms with E-state index in [0.717, 1.165) is 13.2 Å². The van der Waals surface area contributed by atoms with E-state index in [2.05, 4.69) is 4.74 Å². The summed E-state index contributed by atoms with van der Waals surface area (Å²) in [5, 5.41) is 0. The van der Waals surface area contributed by atoms with E-state index in [9.17, 15) is 21.6 Å². The minimum Gasteiger partial charge on any atom is -0.465 e. The Morgan fingerprint density at radius 3 is 2.06 bits per heavy atom. The zero-order chi connectivity index (χ0) is 14.1. The smallest absolute Gasteiger partial charge is 0.339 e. The second-order valence-corrected chi connectivity index (χ2v) is 5.91. The summed E-state index contributed by atoms with van der Waals surface area (Å²) in [6.45, 7) is 0. The van der Waals surface area contributed by atoms with Crippen molar-refractivity contribution in [1.82, 2.24) is 0 Å². The van der Waals surface area contributed by atoms with Crippen LogP contribution in [-0.2, 0) is 25.0 Å². The van der Waals surface area contributed by atoms with E-state index in [0.29, 0.717) is 12.1 Å². The first-order valence-electron chi connectivity index (χ1n) is 4.24. The molecule has 0 saturated carbocycles. The summed E-state index contributed by atoms with van der Waals surface area (Å²) in [5.74, 6) is -1.17. The quantitative estimate of drug-likeness (QED) is 0.586. The summed E-state index contributed by atoms with van der Waals surface area (Å²) >= 11 is 0. The second kappa shape index (κ2) is 4.65. The molecule has 18 heavy (non-hydrogen) atoms. The van der Waals surface area contributed by atoms with Crippen molar-refractivity contribution < 1.29 is 35.5 Å². The number of hydrogen-bond acceptors (Lipinski definition) is 6. The number of carbonyl (C=O) groups excluding carboxylic acids is 1. The molecule has 0 fully saturated rings. The van der Waals surface area contributed by atoms with E-state index in [4.69, 9.17) is 9.11 Å². The fourth-order valence-electron chi connectivity index (χ4n) is 1.16. The molecule has 8 nitrogen and oxygen atoms in total. The third-order valence-corrected chi connectivity index (χ3v) is 3.69. The molecule has 0 aliphatic heterocycles. The lowest BCUT2D eigenvalue weighted by molar-refractivity contribution is 0.0595. The molecule has 100 valence electrons. The number of carbonyl (C=O) groups is 1. The fourth-order valence-corrected chi connectivity index (χ4v) is 2.33. The van der Waals surface area contributed by atoms with E-state index in [-0.39, 0.29) is 0 Å². The van der Waals surface area contributed by atoms with Crippen LogP contribution in [0.1, 0.15) is 10.4 Å². The molecule has 1 aromatic carbocycles. The molecule has 0 saturated heterocycles. The van der Waals surface area contributed by atoms with Crippen molar-refractivity contribution in [3.05, 3.63) is 23.8 Å². The Hall–Kier alpha value is -1.49. The molecule has 10 heteroatoms. The van der Waals surface area contributed by atoms with Gasteiger partial charge in [0.2, 0.25) is 0 Å². The molecule has 0 aliphatic carbocycles. The Bertz CT molecular complexity index is 686. The normalized spacial score (nSPS) is 12.2. The highest BCUT2D eigenvalue weighted by molar-refractivity contribution is 7.86. The number of hydrogen-bond donors (Lipinski definition) is 2. The van der Waals surface area contributed by atoms with E-state index in [1.165, 1.54) is 0 Å². The maximum absolute atomic E-state index is 11.3. The van der Waals surface area contributed by atoms with Crippen LogP contribution in [0.25, 0.3) is 0 Å². The highest BCUT2D eigenvalue weighted by Gasteiger charge is 2.24. The largest absolute Gasteiger partial charge is 0.465 e. The lowest BCUT2D eigenvalue weighted by Crippen LogP contribution is -2.12. The number of esters is 1. The molecular formula is C8H8O8S2. The number of methoxy groups -OCH3 is 1. The van der Waals surface area contributed by atoms with Crippen LogP contribution in [0.5, 0.6) is 0 Å². The Balaban J connectivity index is 3.65. The molecular weight excluding hydrogens is 288 g/mol. The maximum atomic E-state index is 11.3. The lowest BCUT2D eigenvalue weighted by atomic mass is 10.2. The van der Waals surface area contributed by atoms with Crippen molar-refractivity contribution >= 4 is 26.2 Å². The summed E-state index contributed by atoms with van der Waals surface area (Å²) in [7, 11) is -8.40. The first-order chi connectivity index (χ1) is 8.07. The predicted molar refractivity (Wildman–Crippen MR) is 57.4 cm³/mol. The van der Waals surface area contributed by atoms with E-state index >= 15 is 0 Å².